The smallest absolute Gasteiger partial charge is 0.323 e. The summed E-state index contributed by atoms with van der Waals surface area (Å²) < 4.78 is 16.1. The summed E-state index contributed by atoms with van der Waals surface area (Å²) in [5.41, 5.74) is 5.74. The molecule has 100 valence electrons. The first-order valence-electron chi connectivity index (χ1n) is 6.11. The molecule has 1 aliphatic rings. The zero-order chi connectivity index (χ0) is 12.8. The summed E-state index contributed by atoms with van der Waals surface area (Å²) in [6.45, 7) is 1.81. The maximum atomic E-state index is 11.7. The van der Waals surface area contributed by atoms with Crippen LogP contribution in [-0.2, 0) is 19.0 Å². The normalized spacial score (nSPS) is 36.4. The first kappa shape index (κ1) is 14.4. The predicted octanol–water partition coefficient (Wildman–Crippen LogP) is 0.849. The van der Waals surface area contributed by atoms with Crippen molar-refractivity contribution in [2.75, 3.05) is 14.2 Å². The van der Waals surface area contributed by atoms with Crippen molar-refractivity contribution in [3.63, 3.8) is 0 Å². The lowest BCUT2D eigenvalue weighted by molar-refractivity contribution is -0.165. The Hall–Kier alpha value is -0.650. The van der Waals surface area contributed by atoms with Crippen molar-refractivity contribution in [2.45, 2.75) is 57.0 Å². The molecular formula is C12H23NO4. The highest BCUT2D eigenvalue weighted by Gasteiger charge is 2.31. The number of methoxy groups -OCH3 is 2. The lowest BCUT2D eigenvalue weighted by Crippen LogP contribution is -2.44. The number of hydrogen-bond acceptors (Lipinski definition) is 5. The summed E-state index contributed by atoms with van der Waals surface area (Å²) in [7, 11) is 3.26. The molecule has 0 aromatic carbocycles. The highest BCUT2D eigenvalue weighted by molar-refractivity contribution is 5.75. The minimum absolute atomic E-state index is 0.0443. The molecule has 1 fully saturated rings. The minimum atomic E-state index is -0.519. The van der Waals surface area contributed by atoms with Crippen LogP contribution in [0.15, 0.2) is 0 Å². The van der Waals surface area contributed by atoms with Gasteiger partial charge in [-0.05, 0) is 19.8 Å². The third-order valence-electron chi connectivity index (χ3n) is 3.26. The van der Waals surface area contributed by atoms with Gasteiger partial charge in [0.05, 0.1) is 6.10 Å². The standard InChI is InChI=1S/C12H23NO4/c1-8-11(16-3)10(15-2)7-5-4-6-9(13)12(14)17-8/h8-11H,4-7,13H2,1-3H3/t8-,9-,10-,11-/m0/s1. The van der Waals surface area contributed by atoms with Gasteiger partial charge < -0.3 is 19.9 Å². The third kappa shape index (κ3) is 3.94. The fourth-order valence-corrected chi connectivity index (χ4v) is 2.23. The molecule has 1 rings (SSSR count). The SMILES string of the molecule is CO[C@H]1[C@H](C)OC(=O)[C@@H](N)CCCC[C@@H]1OC. The predicted molar refractivity (Wildman–Crippen MR) is 63.6 cm³/mol. The number of carbonyl (C=O) groups excluding carboxylic acids is 1. The van der Waals surface area contributed by atoms with Crippen LogP contribution in [0.1, 0.15) is 32.6 Å². The summed E-state index contributed by atoms with van der Waals surface area (Å²) in [4.78, 5) is 11.7. The molecule has 5 heteroatoms. The van der Waals surface area contributed by atoms with Crippen LogP contribution in [0.4, 0.5) is 0 Å². The molecule has 1 heterocycles. The highest BCUT2D eigenvalue weighted by atomic mass is 16.6. The Labute approximate surface area is 103 Å². The first-order valence-corrected chi connectivity index (χ1v) is 6.11. The van der Waals surface area contributed by atoms with Crippen LogP contribution in [0.25, 0.3) is 0 Å². The zero-order valence-electron chi connectivity index (χ0n) is 10.8. The molecule has 0 saturated carbocycles. The third-order valence-corrected chi connectivity index (χ3v) is 3.26. The Bertz CT molecular complexity index is 247. The van der Waals surface area contributed by atoms with Gasteiger partial charge in [0.15, 0.2) is 0 Å². The van der Waals surface area contributed by atoms with Gasteiger partial charge in [0.1, 0.15) is 18.2 Å². The number of esters is 1. The van der Waals surface area contributed by atoms with Gasteiger partial charge in [-0.1, -0.05) is 12.8 Å². The molecule has 0 radical (unpaired) electrons. The van der Waals surface area contributed by atoms with Crippen molar-refractivity contribution >= 4 is 5.97 Å². The fourth-order valence-electron chi connectivity index (χ4n) is 2.23. The van der Waals surface area contributed by atoms with Gasteiger partial charge in [-0.25, -0.2) is 0 Å². The number of carbonyl (C=O) groups is 1. The number of nitrogens with two attached hydrogens (primary N) is 1. The molecule has 0 aromatic heterocycles. The van der Waals surface area contributed by atoms with E-state index < -0.39 is 6.04 Å². The molecule has 0 amide bonds. The second-order valence-corrected chi connectivity index (χ2v) is 4.51. The van der Waals surface area contributed by atoms with E-state index in [1.54, 1.807) is 14.2 Å². The Morgan fingerprint density at radius 1 is 1.24 bits per heavy atom. The van der Waals surface area contributed by atoms with Crippen LogP contribution in [-0.4, -0.2) is 44.5 Å². The van der Waals surface area contributed by atoms with Gasteiger partial charge in [0.2, 0.25) is 0 Å². The quantitative estimate of drug-likeness (QED) is 0.730. The topological polar surface area (TPSA) is 70.8 Å². The number of ether oxygens (including phenoxy) is 3. The molecular weight excluding hydrogens is 222 g/mol. The van der Waals surface area contributed by atoms with Crippen molar-refractivity contribution in [3.8, 4) is 0 Å². The Morgan fingerprint density at radius 3 is 2.47 bits per heavy atom. The Morgan fingerprint density at radius 2 is 1.88 bits per heavy atom. The van der Waals surface area contributed by atoms with Crippen LogP contribution >= 0.6 is 0 Å². The summed E-state index contributed by atoms with van der Waals surface area (Å²) in [6, 6.07) is -0.519. The van der Waals surface area contributed by atoms with Crippen molar-refractivity contribution in [1.82, 2.24) is 0 Å². The Kier molecular flexibility index (Phi) is 5.88. The monoisotopic (exact) mass is 245 g/mol. The van der Waals surface area contributed by atoms with Gasteiger partial charge in [0.25, 0.3) is 0 Å². The van der Waals surface area contributed by atoms with Gasteiger partial charge in [-0.2, -0.15) is 0 Å². The molecule has 0 aromatic rings. The molecule has 5 nitrogen and oxygen atoms in total. The fraction of sp³-hybridized carbons (Fsp3) is 0.917. The summed E-state index contributed by atoms with van der Waals surface area (Å²) in [6.07, 6.45) is 2.81. The van der Waals surface area contributed by atoms with Gasteiger partial charge in [0, 0.05) is 14.2 Å². The summed E-state index contributed by atoms with van der Waals surface area (Å²) in [5, 5.41) is 0. The van der Waals surface area contributed by atoms with E-state index in [4.69, 9.17) is 19.9 Å². The van der Waals surface area contributed by atoms with E-state index in [1.807, 2.05) is 6.92 Å². The lowest BCUT2D eigenvalue weighted by Gasteiger charge is -2.31. The van der Waals surface area contributed by atoms with Crippen LogP contribution < -0.4 is 5.73 Å². The molecule has 0 aliphatic carbocycles. The number of cyclic esters (lactones) is 1. The summed E-state index contributed by atoms with van der Waals surface area (Å²) >= 11 is 0. The second kappa shape index (κ2) is 6.93. The van der Waals surface area contributed by atoms with Gasteiger partial charge in [-0.3, -0.25) is 4.79 Å². The average Bonchev–Trinajstić information content (AvgIpc) is 2.31. The highest BCUT2D eigenvalue weighted by Crippen LogP contribution is 2.19. The zero-order valence-corrected chi connectivity index (χ0v) is 10.8. The van der Waals surface area contributed by atoms with Crippen molar-refractivity contribution in [3.05, 3.63) is 0 Å². The second-order valence-electron chi connectivity index (χ2n) is 4.51. The van der Waals surface area contributed by atoms with Crippen LogP contribution in [0.2, 0.25) is 0 Å². The van der Waals surface area contributed by atoms with Crippen LogP contribution in [0.3, 0.4) is 0 Å². The summed E-state index contributed by atoms with van der Waals surface area (Å²) in [5.74, 6) is -0.351. The van der Waals surface area contributed by atoms with E-state index in [0.717, 1.165) is 19.3 Å². The van der Waals surface area contributed by atoms with Crippen molar-refractivity contribution < 1.29 is 19.0 Å². The molecule has 0 bridgehead atoms. The van der Waals surface area contributed by atoms with Gasteiger partial charge in [-0.15, -0.1) is 0 Å². The largest absolute Gasteiger partial charge is 0.459 e. The maximum absolute atomic E-state index is 11.7. The van der Waals surface area contributed by atoms with E-state index in [9.17, 15) is 4.79 Å². The number of hydrogen-bond donors (Lipinski definition) is 1. The maximum Gasteiger partial charge on any atom is 0.323 e. The van der Waals surface area contributed by atoms with Gasteiger partial charge >= 0.3 is 5.97 Å². The molecule has 0 spiro atoms. The Balaban J connectivity index is 2.74. The lowest BCUT2D eigenvalue weighted by atomic mass is 9.99. The molecule has 2 N–H and O–H groups in total. The van der Waals surface area contributed by atoms with E-state index >= 15 is 0 Å². The molecule has 0 unspecified atom stereocenters. The molecule has 1 saturated heterocycles. The molecule has 1 aliphatic heterocycles. The average molecular weight is 245 g/mol. The van der Waals surface area contributed by atoms with E-state index in [0.29, 0.717) is 6.42 Å². The minimum Gasteiger partial charge on any atom is -0.459 e. The van der Waals surface area contributed by atoms with E-state index in [2.05, 4.69) is 0 Å². The molecule has 17 heavy (non-hydrogen) atoms. The van der Waals surface area contributed by atoms with Crippen molar-refractivity contribution in [1.29, 1.82) is 0 Å². The van der Waals surface area contributed by atoms with Crippen LogP contribution in [0, 0.1) is 0 Å². The first-order chi connectivity index (χ1) is 8.10. The van der Waals surface area contributed by atoms with Crippen molar-refractivity contribution in [2.24, 2.45) is 5.73 Å². The van der Waals surface area contributed by atoms with E-state index in [1.165, 1.54) is 0 Å². The molecule has 4 atom stereocenters. The number of rotatable bonds is 2. The van der Waals surface area contributed by atoms with Crippen LogP contribution in [0.5, 0.6) is 0 Å². The van der Waals surface area contributed by atoms with E-state index in [-0.39, 0.29) is 24.3 Å².